The Hall–Kier alpha value is -12.9. The molecule has 0 N–H and O–H groups in total. The van der Waals surface area contributed by atoms with E-state index in [-0.39, 0.29) is 68.5 Å². The van der Waals surface area contributed by atoms with Gasteiger partial charge in [0.1, 0.15) is 87.5 Å². The lowest BCUT2D eigenvalue weighted by atomic mass is 10.1. The van der Waals surface area contributed by atoms with Gasteiger partial charge in [0, 0.05) is 19.3 Å². The smallest absolute Gasteiger partial charge is 0.462 e. The van der Waals surface area contributed by atoms with Crippen LogP contribution in [0.25, 0.3) is 4.85 Å². The molecule has 18 rings (SSSR count). The van der Waals surface area contributed by atoms with Gasteiger partial charge in [-0.05, 0) is 93.9 Å². The van der Waals surface area contributed by atoms with Crippen molar-refractivity contribution in [1.29, 1.82) is 0 Å². The average Bonchev–Trinajstić information content (AvgIpc) is 1.67. The summed E-state index contributed by atoms with van der Waals surface area (Å²) < 4.78 is 188. The van der Waals surface area contributed by atoms with Crippen LogP contribution >= 0.6 is 0 Å². The molecular weight excluding hydrogens is 1740 g/mol. The molecule has 52 nitrogen and oxygen atoms in total. The summed E-state index contributed by atoms with van der Waals surface area (Å²) >= 11 is 0. The Balaban J connectivity index is 0.000000147. The third-order valence-electron chi connectivity index (χ3n) is 19.1. The van der Waals surface area contributed by atoms with Gasteiger partial charge in [-0.1, -0.05) is 0 Å². The van der Waals surface area contributed by atoms with Crippen LogP contribution in [0.15, 0.2) is 12.5 Å². The van der Waals surface area contributed by atoms with E-state index in [1.54, 1.807) is 41.5 Å². The van der Waals surface area contributed by atoms with E-state index in [1.165, 1.54) is 6.92 Å². The third-order valence-corrected chi connectivity index (χ3v) is 20.2. The molecule has 18 aliphatic heterocycles. The quantitative estimate of drug-likeness (QED) is 0.0914. The number of carbonyl (C=O) groups excluding carboxylic acids is 17. The summed E-state index contributed by atoms with van der Waals surface area (Å²) in [4.78, 5) is 185. The molecule has 29 unspecified atom stereocenters. The standard InChI is InChI=1S/C11H18O6Si.2C8H10O6.C8H10O5.C7H7FO6.C7H7FO5.C7H5NO6.C7H8O6.C7H8O5/c1-7-13-5-8(15-7)10-9(16-11(12)17-10)6-14-18(2,3)4;2*1-3-5(13-7(9)11-3)6-4(2)12-8(10)14-6;1-4-7(13-8(10)11-4)5-2-3-6(9)12-5;1-2-3(12-6(9)11-2)4-5(8)14-7(10)13-4;8-6-5(12-7(10)13-6)3-1-2-4(9)11-3;1-8-5-4(13-7(10)14-5)3-2-11-6(9)12-3;1-3-5(13-7(9)11-3)4-2-10-6(8)12-4;8-6-2-1-4(11-6)5-3-10-7(9)12-5/h8-10H,1,5-6H2,2-4H3;2*3-6H,1-2H3;4-5,7H,2-3H2,1H3;2-5H,1H3;3,5-6H,1-2H2;3-5H,2H2;3-5H,2H2,1H3;4-5H,1-3H2. The van der Waals surface area contributed by atoms with E-state index in [9.17, 15) is 90.3 Å². The minimum absolute atomic E-state index is 0.0356. The molecule has 125 heavy (non-hydrogen) atoms. The molecule has 0 amide bonds. The highest BCUT2D eigenvalue weighted by Gasteiger charge is 2.56. The van der Waals surface area contributed by atoms with Gasteiger partial charge in [0.05, 0.1) is 6.61 Å². The second kappa shape index (κ2) is 41.5. The number of ether oxygens (including phenoxy) is 33. The summed E-state index contributed by atoms with van der Waals surface area (Å²) in [5.74, 6) is -0.629. The van der Waals surface area contributed by atoms with Crippen LogP contribution < -0.4 is 0 Å². The second-order valence-electron chi connectivity index (χ2n) is 29.3. The number of nitrogens with zero attached hydrogens (tertiary/aromatic N) is 1. The fourth-order valence-corrected chi connectivity index (χ4v) is 13.8. The minimum atomic E-state index is -1.93. The van der Waals surface area contributed by atoms with Crippen LogP contribution in [-0.2, 0) is 175 Å². The van der Waals surface area contributed by atoms with Gasteiger partial charge in [0.2, 0.25) is 12.2 Å². The second-order valence-corrected chi connectivity index (χ2v) is 33.8. The lowest BCUT2D eigenvalue weighted by molar-refractivity contribution is -0.147. The highest BCUT2D eigenvalue weighted by molar-refractivity contribution is 6.69. The van der Waals surface area contributed by atoms with E-state index in [2.05, 4.69) is 87.9 Å². The molecule has 29 atom stereocenters. The third kappa shape index (κ3) is 25.8. The maximum absolute atomic E-state index is 13.0. The molecule has 0 spiro atoms. The Kier molecular flexibility index (Phi) is 31.3. The fourth-order valence-electron chi connectivity index (χ4n) is 13.1. The van der Waals surface area contributed by atoms with Crippen molar-refractivity contribution in [3.05, 3.63) is 23.9 Å². The zero-order valence-corrected chi connectivity index (χ0v) is 68.3. The summed E-state index contributed by atoms with van der Waals surface area (Å²) in [7, 11) is -1.67. The highest BCUT2D eigenvalue weighted by Crippen LogP contribution is 2.35. The van der Waals surface area contributed by atoms with Crippen molar-refractivity contribution >= 4 is 112 Å². The van der Waals surface area contributed by atoms with Crippen molar-refractivity contribution < 1.29 is 251 Å². The summed E-state index contributed by atoms with van der Waals surface area (Å²) in [6.07, 6.45) is -28.5. The highest BCUT2D eigenvalue weighted by atomic mass is 28.4. The number of hydrogen-bond donors (Lipinski definition) is 0. The minimum Gasteiger partial charge on any atom is -0.462 e. The van der Waals surface area contributed by atoms with Crippen LogP contribution in [0, 0.1) is 6.57 Å². The molecule has 0 aromatic heterocycles. The van der Waals surface area contributed by atoms with E-state index >= 15 is 0 Å². The van der Waals surface area contributed by atoms with Crippen LogP contribution in [0.4, 0.5) is 75.9 Å². The maximum Gasteiger partial charge on any atom is 0.515 e. The zero-order chi connectivity index (χ0) is 91.2. The first kappa shape index (κ1) is 94.3. The lowest BCUT2D eigenvalue weighted by Gasteiger charge is -2.23. The van der Waals surface area contributed by atoms with Crippen molar-refractivity contribution in [2.45, 2.75) is 284 Å². The molecule has 55 heteroatoms. The molecule has 0 saturated carbocycles. The number of halogens is 2. The van der Waals surface area contributed by atoms with Crippen molar-refractivity contribution in [2.75, 3.05) is 33.0 Å². The normalized spacial score (nSPS) is 37.6. The Morgan fingerprint density at radius 2 is 0.576 bits per heavy atom. The summed E-state index contributed by atoms with van der Waals surface area (Å²) in [6.45, 7) is 29.0. The molecule has 18 saturated heterocycles. The van der Waals surface area contributed by atoms with Crippen molar-refractivity contribution in [2.24, 2.45) is 0 Å². The molecule has 0 aliphatic carbocycles. The topological polar surface area (TPSA) is 608 Å². The molecule has 692 valence electrons. The van der Waals surface area contributed by atoms with Crippen LogP contribution in [-0.4, -0.2) is 323 Å². The average molecular weight is 1820 g/mol. The molecule has 0 aromatic carbocycles. The van der Waals surface area contributed by atoms with Crippen LogP contribution in [0.2, 0.25) is 19.6 Å². The van der Waals surface area contributed by atoms with E-state index in [0.29, 0.717) is 45.3 Å². The number of esters is 3. The van der Waals surface area contributed by atoms with Gasteiger partial charge in [-0.25, -0.2) is 73.7 Å². The number of carbonyl (C=O) groups is 17. The number of cyclic esters (lactones) is 31. The first-order chi connectivity index (χ1) is 59.0. The Morgan fingerprint density at radius 3 is 0.888 bits per heavy atom. The number of alkyl halides is 2. The van der Waals surface area contributed by atoms with Crippen LogP contribution in [0.1, 0.15) is 87.0 Å². The first-order valence-electron chi connectivity index (χ1n) is 38.0. The van der Waals surface area contributed by atoms with Gasteiger partial charge >= 0.3 is 110 Å². The first-order valence-corrected chi connectivity index (χ1v) is 41.4. The number of hydrogen-bond acceptors (Lipinski definition) is 51. The summed E-state index contributed by atoms with van der Waals surface area (Å²) in [5.41, 5.74) is 0. The maximum atomic E-state index is 13.0. The van der Waals surface area contributed by atoms with E-state index in [4.69, 9.17) is 110 Å². The molecule has 0 aromatic rings. The predicted octanol–water partition coefficient (Wildman–Crippen LogP) is 6.15. The van der Waals surface area contributed by atoms with Gasteiger partial charge < -0.3 is 161 Å². The molecule has 18 fully saturated rings. The molecule has 18 heterocycles. The Bertz CT molecular complexity index is 3720. The SMILES string of the molecule is C=C1OCC(C2OC(=O)OC2CO[Si](C)(C)C)O1.CC1OC(=O)OC1C1CCC(=O)O1.CC1OC(=O)OC1C1COC(=O)O1.CC1OC(=O)OC1C1OC(=O)OC1C.CC1OC(=O)OC1C1OC(=O)OC1C.CC1OC(=O)OC1C1OC(=O)OC1F.O=C1CCC(C2COC(=O)O2)O1.O=C1CCC(C2OC(=O)OC2F)O1.[C-]#[N+]C1OC(=O)OC1C1COC(=O)O1. The fraction of sp³-hybridized carbons (Fsp3) is 0.714. The molecule has 0 bridgehead atoms. The van der Waals surface area contributed by atoms with Crippen LogP contribution in [0.3, 0.4) is 0 Å². The Morgan fingerprint density at radius 1 is 0.296 bits per heavy atom. The van der Waals surface area contributed by atoms with E-state index in [1.807, 2.05) is 0 Å². The zero-order valence-electron chi connectivity index (χ0n) is 67.3. The van der Waals surface area contributed by atoms with E-state index in [0.717, 1.165) is 0 Å². The summed E-state index contributed by atoms with van der Waals surface area (Å²) in [6, 6.07) is 0. The summed E-state index contributed by atoms with van der Waals surface area (Å²) in [5, 5.41) is 0. The van der Waals surface area contributed by atoms with Crippen molar-refractivity contribution in [1.82, 2.24) is 0 Å². The van der Waals surface area contributed by atoms with Gasteiger partial charge in [-0.15, -0.1) is 0 Å². The van der Waals surface area contributed by atoms with Crippen molar-refractivity contribution in [3.63, 3.8) is 0 Å². The monoisotopic (exact) mass is 1820 g/mol. The van der Waals surface area contributed by atoms with Gasteiger partial charge in [-0.2, -0.15) is 8.78 Å². The lowest BCUT2D eigenvalue weighted by Crippen LogP contribution is -2.41. The Labute approximate surface area is 702 Å². The van der Waals surface area contributed by atoms with Gasteiger partial charge in [-0.3, -0.25) is 19.2 Å². The van der Waals surface area contributed by atoms with E-state index < -0.39 is 254 Å². The van der Waals surface area contributed by atoms with Crippen LogP contribution in [0.5, 0.6) is 0 Å². The molecule has 0 radical (unpaired) electrons. The molecular formula is C70H83F2NO51Si. The van der Waals surface area contributed by atoms with Gasteiger partial charge in [0.25, 0.3) is 24.8 Å². The predicted molar refractivity (Wildman–Crippen MR) is 370 cm³/mol. The number of rotatable bonds is 12. The molecule has 18 aliphatic rings. The van der Waals surface area contributed by atoms with Gasteiger partial charge in [0.15, 0.2) is 87.7 Å². The largest absolute Gasteiger partial charge is 0.515 e. The van der Waals surface area contributed by atoms with Crippen molar-refractivity contribution in [3.8, 4) is 0 Å².